The van der Waals surface area contributed by atoms with Crippen LogP contribution in [0.15, 0.2) is 52.7 Å². The molecule has 0 atom stereocenters. The molecule has 1 N–H and O–H groups in total. The van der Waals surface area contributed by atoms with Crippen LogP contribution in [0.4, 0.5) is 10.5 Å². The lowest BCUT2D eigenvalue weighted by Gasteiger charge is -2.10. The molecule has 1 aliphatic heterocycles. The fraction of sp³-hybridized carbons (Fsp3) is 0.0588. The van der Waals surface area contributed by atoms with Crippen LogP contribution in [0.3, 0.4) is 0 Å². The van der Waals surface area contributed by atoms with Gasteiger partial charge in [0.25, 0.3) is 0 Å². The van der Waals surface area contributed by atoms with Crippen molar-refractivity contribution in [3.05, 3.63) is 58.3 Å². The predicted molar refractivity (Wildman–Crippen MR) is 90.7 cm³/mol. The molecule has 7 heteroatoms. The van der Waals surface area contributed by atoms with Crippen molar-refractivity contribution < 1.29 is 24.2 Å². The molecule has 0 bridgehead atoms. The second-order valence-electron chi connectivity index (χ2n) is 4.93. The van der Waals surface area contributed by atoms with Crippen LogP contribution in [-0.2, 0) is 9.53 Å². The Bertz CT molecular complexity index is 845. The Morgan fingerprint density at radius 3 is 2.50 bits per heavy atom. The summed E-state index contributed by atoms with van der Waals surface area (Å²) in [5, 5.41) is 9.49. The van der Waals surface area contributed by atoms with Gasteiger partial charge in [0.1, 0.15) is 11.5 Å². The number of nitrogens with zero attached hydrogens (tertiary/aromatic N) is 1. The maximum absolute atomic E-state index is 12.4. The van der Waals surface area contributed by atoms with E-state index in [0.29, 0.717) is 21.5 Å². The number of methoxy groups -OCH3 is 1. The van der Waals surface area contributed by atoms with Gasteiger partial charge in [0, 0.05) is 0 Å². The zero-order chi connectivity index (χ0) is 17.3. The van der Waals surface area contributed by atoms with Gasteiger partial charge in [-0.1, -0.05) is 6.07 Å². The van der Waals surface area contributed by atoms with Gasteiger partial charge in [-0.15, -0.1) is 0 Å². The van der Waals surface area contributed by atoms with Gasteiger partial charge in [0.2, 0.25) is 0 Å². The van der Waals surface area contributed by atoms with Gasteiger partial charge in [-0.25, -0.2) is 9.69 Å². The summed E-state index contributed by atoms with van der Waals surface area (Å²) in [6.07, 6.45) is 0.669. The van der Waals surface area contributed by atoms with Crippen LogP contribution < -0.4 is 9.64 Å². The molecule has 1 saturated heterocycles. The van der Waals surface area contributed by atoms with Crippen LogP contribution in [0.25, 0.3) is 6.08 Å². The fourth-order valence-electron chi connectivity index (χ4n) is 2.19. The highest BCUT2D eigenvalue weighted by molar-refractivity contribution is 9.10. The predicted octanol–water partition coefficient (Wildman–Crippen LogP) is 3.69. The number of carbonyl (C=O) groups excluding carboxylic acids is 2. The molecule has 1 fully saturated rings. The van der Waals surface area contributed by atoms with Crippen molar-refractivity contribution in [2.24, 2.45) is 0 Å². The number of hydrogen-bond acceptors (Lipinski definition) is 5. The van der Waals surface area contributed by atoms with E-state index in [4.69, 9.17) is 9.47 Å². The number of phenols is 1. The summed E-state index contributed by atoms with van der Waals surface area (Å²) < 4.78 is 10.6. The summed E-state index contributed by atoms with van der Waals surface area (Å²) in [5.74, 6) is 0.0398. The van der Waals surface area contributed by atoms with E-state index in [0.717, 1.165) is 4.90 Å². The molecule has 1 aliphatic rings. The number of ether oxygens (including phenoxy) is 2. The summed E-state index contributed by atoms with van der Waals surface area (Å²) in [6, 6.07) is 11.2. The van der Waals surface area contributed by atoms with Crippen molar-refractivity contribution in [1.82, 2.24) is 0 Å². The van der Waals surface area contributed by atoms with E-state index in [1.165, 1.54) is 19.3 Å². The minimum atomic E-state index is -0.769. The molecule has 122 valence electrons. The normalized spacial score (nSPS) is 15.8. The first-order valence-electron chi connectivity index (χ1n) is 6.90. The Morgan fingerprint density at radius 2 is 1.88 bits per heavy atom. The van der Waals surface area contributed by atoms with Gasteiger partial charge >= 0.3 is 12.0 Å². The van der Waals surface area contributed by atoms with Gasteiger partial charge in [0.15, 0.2) is 5.76 Å². The second-order valence-corrected chi connectivity index (χ2v) is 5.78. The molecule has 3 rings (SSSR count). The number of imide groups is 1. The van der Waals surface area contributed by atoms with E-state index in [-0.39, 0.29) is 11.5 Å². The summed E-state index contributed by atoms with van der Waals surface area (Å²) in [5.41, 5.74) is 0.994. The number of rotatable bonds is 3. The van der Waals surface area contributed by atoms with Gasteiger partial charge < -0.3 is 14.6 Å². The van der Waals surface area contributed by atoms with Crippen LogP contribution >= 0.6 is 15.9 Å². The zero-order valence-corrected chi connectivity index (χ0v) is 14.1. The minimum Gasteiger partial charge on any atom is -0.507 e. The topological polar surface area (TPSA) is 76.1 Å². The first-order valence-corrected chi connectivity index (χ1v) is 7.69. The van der Waals surface area contributed by atoms with Crippen molar-refractivity contribution in [2.45, 2.75) is 0 Å². The molecule has 0 unspecified atom stereocenters. The first-order chi connectivity index (χ1) is 11.5. The highest BCUT2D eigenvalue weighted by Gasteiger charge is 2.37. The van der Waals surface area contributed by atoms with Crippen LogP contribution in [0, 0.1) is 0 Å². The lowest BCUT2D eigenvalue weighted by atomic mass is 10.2. The second kappa shape index (κ2) is 6.37. The van der Waals surface area contributed by atoms with E-state index >= 15 is 0 Å². The molecule has 2 aromatic carbocycles. The summed E-state index contributed by atoms with van der Waals surface area (Å²) >= 11 is 3.19. The Balaban J connectivity index is 1.90. The maximum Gasteiger partial charge on any atom is 0.427 e. The smallest absolute Gasteiger partial charge is 0.427 e. The largest absolute Gasteiger partial charge is 0.507 e. The first kappa shape index (κ1) is 16.1. The van der Waals surface area contributed by atoms with Gasteiger partial charge in [-0.3, -0.25) is 4.79 Å². The van der Waals surface area contributed by atoms with E-state index < -0.39 is 12.0 Å². The number of aromatic hydroxyl groups is 1. The third-order valence-electron chi connectivity index (χ3n) is 3.39. The third-order valence-corrected chi connectivity index (χ3v) is 4.03. The number of cyclic esters (lactones) is 1. The van der Waals surface area contributed by atoms with E-state index in [1.54, 1.807) is 36.4 Å². The van der Waals surface area contributed by atoms with Crippen molar-refractivity contribution in [3.63, 3.8) is 0 Å². The summed E-state index contributed by atoms with van der Waals surface area (Å²) in [7, 11) is 1.53. The Labute approximate surface area is 146 Å². The molecule has 2 amide bonds. The maximum atomic E-state index is 12.4. The molecule has 0 saturated carbocycles. The van der Waals surface area contributed by atoms with Gasteiger partial charge in [-0.2, -0.15) is 0 Å². The van der Waals surface area contributed by atoms with E-state index in [2.05, 4.69) is 15.9 Å². The number of anilines is 1. The van der Waals surface area contributed by atoms with E-state index in [1.807, 2.05) is 0 Å². The molecule has 1 heterocycles. The monoisotopic (exact) mass is 389 g/mol. The molecular formula is C17H12BrNO5. The highest BCUT2D eigenvalue weighted by Crippen LogP contribution is 2.29. The highest BCUT2D eigenvalue weighted by atomic mass is 79.9. The fourth-order valence-corrected chi connectivity index (χ4v) is 2.58. The third kappa shape index (κ3) is 2.98. The molecule has 2 aromatic rings. The Morgan fingerprint density at radius 1 is 1.17 bits per heavy atom. The van der Waals surface area contributed by atoms with Crippen molar-refractivity contribution in [3.8, 4) is 11.5 Å². The summed E-state index contributed by atoms with van der Waals surface area (Å²) in [6.45, 7) is 0. The van der Waals surface area contributed by atoms with Crippen LogP contribution in [-0.4, -0.2) is 24.2 Å². The molecule has 24 heavy (non-hydrogen) atoms. The van der Waals surface area contributed by atoms with Crippen LogP contribution in [0.5, 0.6) is 11.5 Å². The van der Waals surface area contributed by atoms with Crippen molar-refractivity contribution in [1.29, 1.82) is 0 Å². The molecule has 0 spiro atoms. The SMILES string of the molecule is COc1ccc(N2C(=O)O/C(=C/c3ccc(O)c(Br)c3)C2=O)cc1. The number of phenolic OH excluding ortho intramolecular Hbond substituents is 1. The van der Waals surface area contributed by atoms with Crippen LogP contribution in [0.1, 0.15) is 5.56 Å². The number of amides is 2. The molecule has 6 nitrogen and oxygen atoms in total. The number of hydrogen-bond donors (Lipinski definition) is 1. The average molecular weight is 390 g/mol. The molecular weight excluding hydrogens is 378 g/mol. The quantitative estimate of drug-likeness (QED) is 0.810. The Kier molecular flexibility index (Phi) is 4.26. The Hall–Kier alpha value is -2.80. The molecule has 0 radical (unpaired) electrons. The number of halogens is 1. The van der Waals surface area contributed by atoms with E-state index in [9.17, 15) is 14.7 Å². The standard InChI is InChI=1S/C17H12BrNO5/c1-23-12-5-3-11(4-6-12)19-16(21)15(24-17(19)22)9-10-2-7-14(20)13(18)8-10/h2-9,20H,1H3/b15-9+. The van der Waals surface area contributed by atoms with Crippen molar-refractivity contribution >= 4 is 39.7 Å². The summed E-state index contributed by atoms with van der Waals surface area (Å²) in [4.78, 5) is 25.4. The van der Waals surface area contributed by atoms with Gasteiger partial charge in [0.05, 0.1) is 17.3 Å². The minimum absolute atomic E-state index is 0.0757. The molecule has 0 aromatic heterocycles. The number of benzene rings is 2. The average Bonchev–Trinajstić information content (AvgIpc) is 2.85. The van der Waals surface area contributed by atoms with Crippen LogP contribution in [0.2, 0.25) is 0 Å². The lowest BCUT2D eigenvalue weighted by molar-refractivity contribution is -0.114. The van der Waals surface area contributed by atoms with Gasteiger partial charge in [-0.05, 0) is 64.0 Å². The number of carbonyl (C=O) groups is 2. The zero-order valence-electron chi connectivity index (χ0n) is 12.5. The lowest BCUT2D eigenvalue weighted by Crippen LogP contribution is -2.28. The van der Waals surface area contributed by atoms with Crippen molar-refractivity contribution in [2.75, 3.05) is 12.0 Å². The molecule has 0 aliphatic carbocycles.